The zero-order valence-corrected chi connectivity index (χ0v) is 19.7. The molecule has 2 aliphatic heterocycles. The summed E-state index contributed by atoms with van der Waals surface area (Å²) in [5.41, 5.74) is 0.508. The van der Waals surface area contributed by atoms with E-state index in [4.69, 9.17) is 4.74 Å². The van der Waals surface area contributed by atoms with Crippen LogP contribution in [-0.2, 0) is 0 Å². The summed E-state index contributed by atoms with van der Waals surface area (Å²) < 4.78 is 5.87. The molecule has 0 radical (unpaired) electrons. The first-order chi connectivity index (χ1) is 15.9. The van der Waals surface area contributed by atoms with Crippen molar-refractivity contribution in [3.63, 3.8) is 0 Å². The number of aromatic nitrogens is 2. The molecule has 8 nitrogen and oxygen atoms in total. The van der Waals surface area contributed by atoms with Crippen LogP contribution in [0.3, 0.4) is 0 Å². The highest BCUT2D eigenvalue weighted by Gasteiger charge is 2.38. The number of likely N-dealkylation sites (tertiary alicyclic amines) is 1. The Labute approximate surface area is 196 Å². The van der Waals surface area contributed by atoms with Gasteiger partial charge in [0.25, 0.3) is 5.91 Å². The van der Waals surface area contributed by atoms with Crippen LogP contribution in [0.5, 0.6) is 5.75 Å². The van der Waals surface area contributed by atoms with Gasteiger partial charge < -0.3 is 19.6 Å². The highest BCUT2D eigenvalue weighted by atomic mass is 16.5. The Balaban J connectivity index is 1.27. The molecule has 0 unspecified atom stereocenters. The zero-order chi connectivity index (χ0) is 23.3. The Morgan fingerprint density at radius 1 is 1.15 bits per heavy atom. The molecule has 2 aliphatic rings. The van der Waals surface area contributed by atoms with E-state index in [0.717, 1.165) is 36.9 Å². The molecule has 2 fully saturated rings. The number of amides is 1. The maximum Gasteiger partial charge on any atom is 0.253 e. The van der Waals surface area contributed by atoms with E-state index >= 15 is 0 Å². The van der Waals surface area contributed by atoms with Gasteiger partial charge in [0, 0.05) is 44.0 Å². The van der Waals surface area contributed by atoms with Gasteiger partial charge >= 0.3 is 0 Å². The standard InChI is InChI=1S/C25H35N5O3/c1-20-16-23(27-19-26-20)30-13-10-25(32,18-30)17-28(2)24(31)21-6-8-22(9-7-21)33-15-14-29-11-4-3-5-12-29/h6-9,16,19,32H,3-5,10-15,17-18H2,1-2H3/t25-/m0/s1. The van der Waals surface area contributed by atoms with Crippen LogP contribution in [0, 0.1) is 6.92 Å². The molecule has 0 aliphatic carbocycles. The van der Waals surface area contributed by atoms with E-state index in [2.05, 4.69) is 14.9 Å². The minimum absolute atomic E-state index is 0.111. The number of hydrogen-bond acceptors (Lipinski definition) is 7. The van der Waals surface area contributed by atoms with Crippen LogP contribution in [0.25, 0.3) is 0 Å². The highest BCUT2D eigenvalue weighted by molar-refractivity contribution is 5.94. The molecular weight excluding hydrogens is 418 g/mol. The van der Waals surface area contributed by atoms with Crippen LogP contribution < -0.4 is 9.64 Å². The number of carbonyl (C=O) groups is 1. The fourth-order valence-electron chi connectivity index (χ4n) is 4.70. The molecule has 4 rings (SSSR count). The van der Waals surface area contributed by atoms with Crippen molar-refractivity contribution in [1.29, 1.82) is 0 Å². The SMILES string of the molecule is Cc1cc(N2CC[C@](O)(CN(C)C(=O)c3ccc(OCCN4CCCCC4)cc3)C2)ncn1. The van der Waals surface area contributed by atoms with Crippen molar-refractivity contribution in [2.75, 3.05) is 57.8 Å². The molecule has 1 aromatic heterocycles. The first-order valence-corrected chi connectivity index (χ1v) is 11.9. The third-order valence-corrected chi connectivity index (χ3v) is 6.55. The molecule has 0 spiro atoms. The van der Waals surface area contributed by atoms with Crippen molar-refractivity contribution >= 4 is 11.7 Å². The lowest BCUT2D eigenvalue weighted by Crippen LogP contribution is -2.45. The van der Waals surface area contributed by atoms with E-state index in [1.54, 1.807) is 30.4 Å². The number of β-amino-alcohol motifs (C(OH)–C–C–N with tert-alkyl or cyclic N) is 1. The van der Waals surface area contributed by atoms with Crippen molar-refractivity contribution in [2.45, 2.75) is 38.2 Å². The number of nitrogens with zero attached hydrogens (tertiary/aromatic N) is 5. The third kappa shape index (κ3) is 6.21. The molecule has 33 heavy (non-hydrogen) atoms. The van der Waals surface area contributed by atoms with E-state index in [0.29, 0.717) is 31.7 Å². The minimum atomic E-state index is -0.971. The van der Waals surface area contributed by atoms with Gasteiger partial charge in [-0.15, -0.1) is 0 Å². The molecule has 0 bridgehead atoms. The lowest BCUT2D eigenvalue weighted by Gasteiger charge is -2.29. The van der Waals surface area contributed by atoms with E-state index in [9.17, 15) is 9.90 Å². The largest absolute Gasteiger partial charge is 0.492 e. The van der Waals surface area contributed by atoms with Gasteiger partial charge in [0.15, 0.2) is 0 Å². The molecule has 178 valence electrons. The quantitative estimate of drug-likeness (QED) is 0.657. The van der Waals surface area contributed by atoms with Crippen LogP contribution in [0.4, 0.5) is 5.82 Å². The van der Waals surface area contributed by atoms with Gasteiger partial charge in [0.1, 0.15) is 30.1 Å². The normalized spacial score (nSPS) is 21.2. The van der Waals surface area contributed by atoms with Crippen molar-refractivity contribution < 1.29 is 14.6 Å². The Bertz CT molecular complexity index is 932. The molecule has 2 aromatic rings. The van der Waals surface area contributed by atoms with Crippen molar-refractivity contribution in [2.24, 2.45) is 0 Å². The van der Waals surface area contributed by atoms with Crippen molar-refractivity contribution in [1.82, 2.24) is 19.8 Å². The van der Waals surface area contributed by atoms with Gasteiger partial charge in [0.2, 0.25) is 0 Å². The van der Waals surface area contributed by atoms with Crippen LogP contribution in [0.1, 0.15) is 41.7 Å². The Morgan fingerprint density at radius 3 is 2.64 bits per heavy atom. The molecule has 1 N–H and O–H groups in total. The van der Waals surface area contributed by atoms with Gasteiger partial charge in [-0.1, -0.05) is 6.42 Å². The van der Waals surface area contributed by atoms with Crippen LogP contribution in [0.2, 0.25) is 0 Å². The predicted molar refractivity (Wildman–Crippen MR) is 128 cm³/mol. The fourth-order valence-corrected chi connectivity index (χ4v) is 4.70. The highest BCUT2D eigenvalue weighted by Crippen LogP contribution is 2.27. The van der Waals surface area contributed by atoms with Crippen LogP contribution in [-0.4, -0.2) is 89.3 Å². The maximum atomic E-state index is 12.9. The number of rotatable bonds is 8. The maximum absolute atomic E-state index is 12.9. The molecule has 8 heteroatoms. The number of aryl methyl sites for hydroxylation is 1. The number of ether oxygens (including phenoxy) is 1. The van der Waals surface area contributed by atoms with Crippen molar-refractivity contribution in [3.8, 4) is 5.75 Å². The van der Waals surface area contributed by atoms with E-state index < -0.39 is 5.60 Å². The second kappa shape index (κ2) is 10.5. The monoisotopic (exact) mass is 453 g/mol. The zero-order valence-electron chi connectivity index (χ0n) is 19.7. The van der Waals surface area contributed by atoms with Gasteiger partial charge in [-0.25, -0.2) is 9.97 Å². The molecule has 2 saturated heterocycles. The number of piperidine rings is 1. The summed E-state index contributed by atoms with van der Waals surface area (Å²) in [6.07, 6.45) is 6.00. The number of anilines is 1. The number of carbonyl (C=O) groups excluding carboxylic acids is 1. The Morgan fingerprint density at radius 2 is 1.91 bits per heavy atom. The summed E-state index contributed by atoms with van der Waals surface area (Å²) in [7, 11) is 1.74. The number of benzene rings is 1. The Kier molecular flexibility index (Phi) is 7.45. The van der Waals surface area contributed by atoms with E-state index in [1.807, 2.05) is 30.0 Å². The average molecular weight is 454 g/mol. The second-order valence-corrected chi connectivity index (χ2v) is 9.35. The smallest absolute Gasteiger partial charge is 0.253 e. The summed E-state index contributed by atoms with van der Waals surface area (Å²) in [5.74, 6) is 1.47. The molecule has 1 amide bonds. The summed E-state index contributed by atoms with van der Waals surface area (Å²) in [6, 6.07) is 9.20. The number of likely N-dealkylation sites (N-methyl/N-ethyl adjacent to an activating group) is 1. The number of aliphatic hydroxyl groups is 1. The van der Waals surface area contributed by atoms with Crippen molar-refractivity contribution in [3.05, 3.63) is 47.9 Å². The first-order valence-electron chi connectivity index (χ1n) is 11.9. The van der Waals surface area contributed by atoms with Gasteiger partial charge in [-0.3, -0.25) is 9.69 Å². The van der Waals surface area contributed by atoms with Gasteiger partial charge in [-0.2, -0.15) is 0 Å². The fraction of sp³-hybridized carbons (Fsp3) is 0.560. The molecule has 3 heterocycles. The van der Waals surface area contributed by atoms with E-state index in [1.165, 1.54) is 19.3 Å². The van der Waals surface area contributed by atoms with E-state index in [-0.39, 0.29) is 12.5 Å². The topological polar surface area (TPSA) is 82.0 Å². The molecule has 1 atom stereocenters. The summed E-state index contributed by atoms with van der Waals surface area (Å²) in [6.45, 7) is 7.23. The van der Waals surface area contributed by atoms with Crippen LogP contribution in [0.15, 0.2) is 36.7 Å². The van der Waals surface area contributed by atoms with Crippen LogP contribution >= 0.6 is 0 Å². The second-order valence-electron chi connectivity index (χ2n) is 9.35. The first kappa shape index (κ1) is 23.4. The summed E-state index contributed by atoms with van der Waals surface area (Å²) in [4.78, 5) is 27.5. The van der Waals surface area contributed by atoms with Gasteiger partial charge in [0.05, 0.1) is 6.54 Å². The number of hydrogen-bond donors (Lipinski definition) is 1. The molecular formula is C25H35N5O3. The predicted octanol–water partition coefficient (Wildman–Crippen LogP) is 2.36. The van der Waals surface area contributed by atoms with Gasteiger partial charge in [-0.05, 0) is 63.5 Å². The lowest BCUT2D eigenvalue weighted by molar-refractivity contribution is 0.0264. The molecule has 1 aromatic carbocycles. The Hall–Kier alpha value is -2.71. The average Bonchev–Trinajstić information content (AvgIpc) is 3.21. The molecule has 0 saturated carbocycles. The lowest BCUT2D eigenvalue weighted by atomic mass is 10.0. The minimum Gasteiger partial charge on any atom is -0.492 e. The third-order valence-electron chi connectivity index (χ3n) is 6.55. The summed E-state index contributed by atoms with van der Waals surface area (Å²) >= 11 is 0. The summed E-state index contributed by atoms with van der Waals surface area (Å²) in [5, 5.41) is 11.1.